The SMILES string of the molecule is CCc1cc(N2CCC(Oc3ccc(N4C[C@H](OCCCOC)[C@@H](C)[C@@H]4CC(=O)O)cc3)CC2)c(Cl)cn1. The molecule has 0 saturated carbocycles. The summed E-state index contributed by atoms with van der Waals surface area (Å²) in [6, 6.07) is 10.0. The van der Waals surface area contributed by atoms with Crippen molar-refractivity contribution in [2.24, 2.45) is 5.92 Å². The Balaban J connectivity index is 1.34. The molecule has 1 N–H and O–H groups in total. The fourth-order valence-electron chi connectivity index (χ4n) is 5.47. The number of aromatic nitrogens is 1. The smallest absolute Gasteiger partial charge is 0.305 e. The standard InChI is InChI=1S/C29H40ClN3O5/c1-4-21-16-27(25(30)18-31-21)32-12-10-24(11-13-32)38-23-8-6-22(7-9-23)33-19-28(37-15-5-14-36-3)20(2)26(33)17-29(34)35/h6-9,16,18,20,24,26,28H,4-5,10-15,17,19H2,1-3H3,(H,34,35)/t20-,26-,28-/m0/s1. The summed E-state index contributed by atoms with van der Waals surface area (Å²) < 4.78 is 17.5. The number of methoxy groups -OCH3 is 1. The maximum absolute atomic E-state index is 11.6. The van der Waals surface area contributed by atoms with Crippen LogP contribution in [0.1, 0.15) is 45.2 Å². The van der Waals surface area contributed by atoms with Crippen LogP contribution in [-0.2, 0) is 20.7 Å². The molecule has 4 rings (SSSR count). The Morgan fingerprint density at radius 3 is 2.58 bits per heavy atom. The Kier molecular flexibility index (Phi) is 10.1. The minimum Gasteiger partial charge on any atom is -0.490 e. The second-order valence-electron chi connectivity index (χ2n) is 10.2. The molecule has 3 atom stereocenters. The predicted molar refractivity (Wildman–Crippen MR) is 150 cm³/mol. The van der Waals surface area contributed by atoms with Gasteiger partial charge in [-0.05, 0) is 43.2 Å². The highest BCUT2D eigenvalue weighted by Crippen LogP contribution is 2.35. The molecule has 0 bridgehead atoms. The summed E-state index contributed by atoms with van der Waals surface area (Å²) in [4.78, 5) is 20.5. The van der Waals surface area contributed by atoms with Gasteiger partial charge in [0.15, 0.2) is 0 Å². The number of carboxylic acid groups (broad SMARTS) is 1. The number of anilines is 2. The first kappa shape index (κ1) is 28.5. The van der Waals surface area contributed by atoms with E-state index in [1.54, 1.807) is 13.3 Å². The van der Waals surface area contributed by atoms with Crippen LogP contribution in [0.2, 0.25) is 5.02 Å². The van der Waals surface area contributed by atoms with Gasteiger partial charge in [0.2, 0.25) is 0 Å². The largest absolute Gasteiger partial charge is 0.490 e. The van der Waals surface area contributed by atoms with E-state index in [4.69, 9.17) is 25.8 Å². The van der Waals surface area contributed by atoms with Crippen LogP contribution < -0.4 is 14.5 Å². The molecule has 0 radical (unpaired) electrons. The van der Waals surface area contributed by atoms with Gasteiger partial charge in [-0.3, -0.25) is 9.78 Å². The van der Waals surface area contributed by atoms with E-state index in [2.05, 4.69) is 34.7 Å². The third-order valence-electron chi connectivity index (χ3n) is 7.69. The summed E-state index contributed by atoms with van der Waals surface area (Å²) in [5, 5.41) is 10.2. The number of carbonyl (C=O) groups is 1. The molecule has 2 aliphatic rings. The number of aliphatic carboxylic acids is 1. The van der Waals surface area contributed by atoms with E-state index in [0.717, 1.165) is 61.6 Å². The zero-order valence-electron chi connectivity index (χ0n) is 22.6. The van der Waals surface area contributed by atoms with Gasteiger partial charge in [-0.25, -0.2) is 0 Å². The van der Waals surface area contributed by atoms with Crippen LogP contribution >= 0.6 is 11.6 Å². The van der Waals surface area contributed by atoms with Crippen LogP contribution in [0.3, 0.4) is 0 Å². The van der Waals surface area contributed by atoms with Gasteiger partial charge in [0.05, 0.1) is 23.2 Å². The summed E-state index contributed by atoms with van der Waals surface area (Å²) >= 11 is 6.43. The summed E-state index contributed by atoms with van der Waals surface area (Å²) in [5.74, 6) is 0.144. The van der Waals surface area contributed by atoms with Crippen LogP contribution in [0.5, 0.6) is 5.75 Å². The van der Waals surface area contributed by atoms with Crippen LogP contribution in [0.4, 0.5) is 11.4 Å². The van der Waals surface area contributed by atoms with Crippen molar-refractivity contribution < 1.29 is 24.1 Å². The lowest BCUT2D eigenvalue weighted by molar-refractivity contribution is -0.137. The van der Waals surface area contributed by atoms with E-state index < -0.39 is 5.97 Å². The van der Waals surface area contributed by atoms with Crippen molar-refractivity contribution in [1.29, 1.82) is 0 Å². The van der Waals surface area contributed by atoms with Crippen molar-refractivity contribution in [2.45, 2.75) is 64.2 Å². The lowest BCUT2D eigenvalue weighted by atomic mass is 9.97. The normalized spacial score (nSPS) is 22.2. The molecule has 3 heterocycles. The fourth-order valence-corrected chi connectivity index (χ4v) is 5.69. The molecule has 0 unspecified atom stereocenters. The second kappa shape index (κ2) is 13.5. The average molecular weight is 546 g/mol. The topological polar surface area (TPSA) is 84.4 Å². The monoisotopic (exact) mass is 545 g/mol. The number of hydrogen-bond donors (Lipinski definition) is 1. The van der Waals surface area contributed by atoms with Gasteiger partial charge >= 0.3 is 5.97 Å². The number of carboxylic acids is 1. The fraction of sp³-hybridized carbons (Fsp3) is 0.586. The lowest BCUT2D eigenvalue weighted by Crippen LogP contribution is -2.38. The van der Waals surface area contributed by atoms with E-state index >= 15 is 0 Å². The summed E-state index contributed by atoms with van der Waals surface area (Å²) in [6.45, 7) is 7.87. The molecule has 0 aliphatic carbocycles. The molecule has 0 amide bonds. The minimum atomic E-state index is -0.794. The maximum atomic E-state index is 11.6. The van der Waals surface area contributed by atoms with Crippen molar-refractivity contribution in [2.75, 3.05) is 49.8 Å². The third kappa shape index (κ3) is 7.10. The number of piperidine rings is 1. The predicted octanol–water partition coefficient (Wildman–Crippen LogP) is 5.07. The van der Waals surface area contributed by atoms with Gasteiger partial charge < -0.3 is 29.1 Å². The number of halogens is 1. The number of benzene rings is 1. The molecule has 2 saturated heterocycles. The van der Waals surface area contributed by atoms with Crippen LogP contribution in [0.25, 0.3) is 0 Å². The first-order valence-corrected chi connectivity index (χ1v) is 14.0. The zero-order valence-corrected chi connectivity index (χ0v) is 23.4. The maximum Gasteiger partial charge on any atom is 0.305 e. The molecule has 8 nitrogen and oxygen atoms in total. The molecular formula is C29H40ClN3O5. The van der Waals surface area contributed by atoms with Crippen LogP contribution in [-0.4, -0.2) is 74.3 Å². The van der Waals surface area contributed by atoms with Gasteiger partial charge in [0.25, 0.3) is 0 Å². The molecular weight excluding hydrogens is 506 g/mol. The first-order chi connectivity index (χ1) is 18.4. The van der Waals surface area contributed by atoms with E-state index in [1.807, 2.05) is 24.3 Å². The average Bonchev–Trinajstić information content (AvgIpc) is 3.22. The number of rotatable bonds is 12. The first-order valence-electron chi connectivity index (χ1n) is 13.6. The number of nitrogens with zero attached hydrogens (tertiary/aromatic N) is 3. The van der Waals surface area contributed by atoms with Gasteiger partial charge in [-0.2, -0.15) is 0 Å². The quantitative estimate of drug-likeness (QED) is 0.370. The van der Waals surface area contributed by atoms with Crippen LogP contribution in [0.15, 0.2) is 36.5 Å². The molecule has 38 heavy (non-hydrogen) atoms. The molecule has 2 aromatic rings. The van der Waals surface area contributed by atoms with Crippen LogP contribution in [0, 0.1) is 5.92 Å². The van der Waals surface area contributed by atoms with Gasteiger partial charge in [-0.15, -0.1) is 0 Å². The van der Waals surface area contributed by atoms with Crippen molar-refractivity contribution in [1.82, 2.24) is 4.98 Å². The Morgan fingerprint density at radius 2 is 1.92 bits per heavy atom. The Bertz CT molecular complexity index is 1050. The third-order valence-corrected chi connectivity index (χ3v) is 7.98. The van der Waals surface area contributed by atoms with E-state index in [1.165, 1.54) is 0 Å². The van der Waals surface area contributed by atoms with Gasteiger partial charge in [-0.1, -0.05) is 25.4 Å². The lowest BCUT2D eigenvalue weighted by Gasteiger charge is -2.34. The number of hydrogen-bond acceptors (Lipinski definition) is 7. The van der Waals surface area contributed by atoms with Gasteiger partial charge in [0.1, 0.15) is 11.9 Å². The van der Waals surface area contributed by atoms with Crippen molar-refractivity contribution in [3.05, 3.63) is 47.2 Å². The molecule has 208 valence electrons. The number of aryl methyl sites for hydroxylation is 1. The van der Waals surface area contributed by atoms with E-state index in [-0.39, 0.29) is 30.6 Å². The molecule has 1 aromatic carbocycles. The molecule has 2 aliphatic heterocycles. The summed E-state index contributed by atoms with van der Waals surface area (Å²) in [6.07, 6.45) is 5.48. The Morgan fingerprint density at radius 1 is 1.18 bits per heavy atom. The summed E-state index contributed by atoms with van der Waals surface area (Å²) in [7, 11) is 1.68. The molecule has 9 heteroatoms. The van der Waals surface area contributed by atoms with Gasteiger partial charge in [0, 0.05) is 82.3 Å². The summed E-state index contributed by atoms with van der Waals surface area (Å²) in [5.41, 5.74) is 3.09. The molecule has 1 aromatic heterocycles. The highest BCUT2D eigenvalue weighted by atomic mass is 35.5. The minimum absolute atomic E-state index is 0.0142. The Hall–Kier alpha value is -2.55. The highest BCUT2D eigenvalue weighted by molar-refractivity contribution is 6.33. The molecule has 0 spiro atoms. The van der Waals surface area contributed by atoms with E-state index in [9.17, 15) is 9.90 Å². The number of pyridine rings is 1. The van der Waals surface area contributed by atoms with Crippen molar-refractivity contribution in [3.8, 4) is 5.75 Å². The second-order valence-corrected chi connectivity index (χ2v) is 10.6. The van der Waals surface area contributed by atoms with Crippen molar-refractivity contribution >= 4 is 28.9 Å². The molecule has 2 fully saturated rings. The van der Waals surface area contributed by atoms with Crippen molar-refractivity contribution in [3.63, 3.8) is 0 Å². The Labute approximate surface area is 230 Å². The zero-order chi connectivity index (χ0) is 27.1. The highest BCUT2D eigenvalue weighted by Gasteiger charge is 2.40. The van der Waals surface area contributed by atoms with E-state index in [0.29, 0.717) is 24.8 Å². The number of ether oxygens (including phenoxy) is 3.